The highest BCUT2D eigenvalue weighted by Gasteiger charge is 2.35. The van der Waals surface area contributed by atoms with E-state index in [2.05, 4.69) is 29.5 Å². The number of allylic oxidation sites excluding steroid dienone is 1. The molecule has 0 aliphatic carbocycles. The lowest BCUT2D eigenvalue weighted by Crippen LogP contribution is -2.45. The topological polar surface area (TPSA) is 71.3 Å². The molecule has 6 nitrogen and oxygen atoms in total. The molecule has 8 heteroatoms. The van der Waals surface area contributed by atoms with E-state index in [4.69, 9.17) is 21.1 Å². The second kappa shape index (κ2) is 9.44. The summed E-state index contributed by atoms with van der Waals surface area (Å²) in [4.78, 5) is 20.6. The van der Waals surface area contributed by atoms with Gasteiger partial charge in [-0.1, -0.05) is 66.1 Å². The van der Waals surface area contributed by atoms with Gasteiger partial charge < -0.3 is 9.84 Å². The quantitative estimate of drug-likeness (QED) is 0.326. The van der Waals surface area contributed by atoms with Crippen LogP contribution in [-0.4, -0.2) is 21.1 Å². The highest BCUT2D eigenvalue weighted by molar-refractivity contribution is 7.13. The molecule has 2 aromatic heterocycles. The summed E-state index contributed by atoms with van der Waals surface area (Å²) in [5.41, 5.74) is 4.65. The molecule has 0 spiro atoms. The van der Waals surface area contributed by atoms with Gasteiger partial charge in [0.25, 0.3) is 5.89 Å². The van der Waals surface area contributed by atoms with Gasteiger partial charge in [-0.15, -0.1) is 11.3 Å². The molecule has 3 heterocycles. The third kappa shape index (κ3) is 4.36. The summed E-state index contributed by atoms with van der Waals surface area (Å²) in [5, 5.41) is 9.96. The van der Waals surface area contributed by atoms with Crippen LogP contribution < -0.4 is 5.32 Å². The molecule has 0 radical (unpaired) electrons. The molecule has 1 aliphatic heterocycles. The van der Waals surface area contributed by atoms with Crippen molar-refractivity contribution in [1.82, 2.24) is 20.4 Å². The lowest BCUT2D eigenvalue weighted by Gasteiger charge is -2.35. The Kier molecular flexibility index (Phi) is 6.22. The summed E-state index contributed by atoms with van der Waals surface area (Å²) in [7, 11) is 0. The summed E-state index contributed by atoms with van der Waals surface area (Å²) < 4.78 is 5.74. The molecular formula is C26H23ClN4O2S. The van der Waals surface area contributed by atoms with Gasteiger partial charge in [-0.25, -0.2) is 4.79 Å². The molecular weight excluding hydrogens is 468 g/mol. The van der Waals surface area contributed by atoms with E-state index in [1.54, 1.807) is 16.2 Å². The van der Waals surface area contributed by atoms with Gasteiger partial charge in [0.2, 0.25) is 5.82 Å². The van der Waals surface area contributed by atoms with Crippen LogP contribution in [0.3, 0.4) is 0 Å². The lowest BCUT2D eigenvalue weighted by molar-refractivity contribution is 0.203. The Morgan fingerprint density at radius 2 is 1.94 bits per heavy atom. The normalized spacial score (nSPS) is 16.1. The molecule has 0 saturated heterocycles. The molecule has 4 aromatic rings. The molecule has 1 unspecified atom stereocenters. The number of amides is 2. The van der Waals surface area contributed by atoms with Crippen molar-refractivity contribution in [1.29, 1.82) is 0 Å². The summed E-state index contributed by atoms with van der Waals surface area (Å²) in [6, 6.07) is 19.0. The minimum Gasteiger partial charge on any atom is -0.334 e. The van der Waals surface area contributed by atoms with Crippen LogP contribution in [0.15, 0.2) is 76.3 Å². The van der Waals surface area contributed by atoms with Crippen LogP contribution in [0.1, 0.15) is 42.5 Å². The fraction of sp³-hybridized carbons (Fsp3) is 0.192. The zero-order valence-corrected chi connectivity index (χ0v) is 20.4. The predicted octanol–water partition coefficient (Wildman–Crippen LogP) is 6.71. The highest BCUT2D eigenvalue weighted by Crippen LogP contribution is 2.38. The van der Waals surface area contributed by atoms with Crippen LogP contribution in [0.5, 0.6) is 0 Å². The molecule has 0 saturated carbocycles. The number of nitrogens with zero attached hydrogens (tertiary/aromatic N) is 3. The standard InChI is InChI=1S/C26H23ClN4O2S/c1-3-17-9-11-19(12-10-17)23-22(25-29-24(30-33-25)21-8-5-13-34-21)16(2)31(26(32)28-23)15-18-6-4-7-20(27)14-18/h4-14,23H,3,15H2,1-2H3,(H,28,32). The fourth-order valence-electron chi connectivity index (χ4n) is 4.10. The largest absolute Gasteiger partial charge is 0.334 e. The van der Waals surface area contributed by atoms with E-state index in [1.807, 2.05) is 60.8 Å². The average molecular weight is 491 g/mol. The van der Waals surface area contributed by atoms with Crippen molar-refractivity contribution in [3.63, 3.8) is 0 Å². The van der Waals surface area contributed by atoms with E-state index in [-0.39, 0.29) is 6.03 Å². The number of hydrogen-bond acceptors (Lipinski definition) is 5. The molecule has 172 valence electrons. The Morgan fingerprint density at radius 1 is 1.12 bits per heavy atom. The van der Waals surface area contributed by atoms with E-state index < -0.39 is 6.04 Å². The van der Waals surface area contributed by atoms with E-state index in [1.165, 1.54) is 5.56 Å². The summed E-state index contributed by atoms with van der Waals surface area (Å²) >= 11 is 7.72. The van der Waals surface area contributed by atoms with Gasteiger partial charge in [0, 0.05) is 10.7 Å². The maximum atomic E-state index is 13.3. The third-order valence-corrected chi connectivity index (χ3v) is 7.05. The smallest absolute Gasteiger partial charge is 0.322 e. The number of nitrogens with one attached hydrogen (secondary N) is 1. The van der Waals surface area contributed by atoms with Crippen LogP contribution in [-0.2, 0) is 13.0 Å². The molecule has 34 heavy (non-hydrogen) atoms. The molecule has 0 bridgehead atoms. The van der Waals surface area contributed by atoms with Gasteiger partial charge in [-0.05, 0) is 53.6 Å². The fourth-order valence-corrected chi connectivity index (χ4v) is 4.96. The first-order chi connectivity index (χ1) is 16.5. The minimum absolute atomic E-state index is 0.191. The summed E-state index contributed by atoms with van der Waals surface area (Å²) in [5.74, 6) is 0.922. The van der Waals surface area contributed by atoms with Gasteiger partial charge in [0.05, 0.1) is 23.0 Å². The zero-order valence-electron chi connectivity index (χ0n) is 18.8. The van der Waals surface area contributed by atoms with E-state index in [9.17, 15) is 4.79 Å². The molecule has 1 aliphatic rings. The molecule has 1 atom stereocenters. The lowest BCUT2D eigenvalue weighted by atomic mass is 9.93. The van der Waals surface area contributed by atoms with Crippen LogP contribution in [0.25, 0.3) is 16.3 Å². The Balaban J connectivity index is 1.59. The van der Waals surface area contributed by atoms with Crippen molar-refractivity contribution in [3.8, 4) is 10.7 Å². The number of carbonyl (C=O) groups is 1. The SMILES string of the molecule is CCc1ccc(C2NC(=O)N(Cc3cccc(Cl)c3)C(C)=C2c2nc(-c3cccs3)no2)cc1. The molecule has 0 fully saturated rings. The number of aromatic nitrogens is 2. The number of rotatable bonds is 6. The van der Waals surface area contributed by atoms with Crippen LogP contribution in [0.4, 0.5) is 4.79 Å². The van der Waals surface area contributed by atoms with Gasteiger partial charge in [-0.3, -0.25) is 4.90 Å². The van der Waals surface area contributed by atoms with Crippen molar-refractivity contribution < 1.29 is 9.32 Å². The first kappa shape index (κ1) is 22.4. The second-order valence-corrected chi connectivity index (χ2v) is 9.48. The zero-order chi connectivity index (χ0) is 23.7. The average Bonchev–Trinajstić information content (AvgIpc) is 3.54. The van der Waals surface area contributed by atoms with Crippen molar-refractivity contribution in [2.75, 3.05) is 0 Å². The number of hydrogen-bond donors (Lipinski definition) is 1. The summed E-state index contributed by atoms with van der Waals surface area (Å²) in [6.07, 6.45) is 0.945. The van der Waals surface area contributed by atoms with Crippen LogP contribution >= 0.6 is 22.9 Å². The highest BCUT2D eigenvalue weighted by atomic mass is 35.5. The monoisotopic (exact) mass is 490 g/mol. The number of benzene rings is 2. The first-order valence-corrected chi connectivity index (χ1v) is 12.3. The Morgan fingerprint density at radius 3 is 2.65 bits per heavy atom. The predicted molar refractivity (Wildman–Crippen MR) is 134 cm³/mol. The van der Waals surface area contributed by atoms with Gasteiger partial charge in [-0.2, -0.15) is 4.98 Å². The van der Waals surface area contributed by atoms with Crippen LogP contribution in [0, 0.1) is 0 Å². The number of carbonyl (C=O) groups excluding carboxylic acids is 1. The van der Waals surface area contributed by atoms with Crippen molar-refractivity contribution in [2.45, 2.75) is 32.9 Å². The Hall–Kier alpha value is -3.42. The number of halogens is 1. The van der Waals surface area contributed by atoms with E-state index in [0.717, 1.165) is 33.7 Å². The molecule has 1 N–H and O–H groups in total. The second-order valence-electron chi connectivity index (χ2n) is 8.09. The maximum Gasteiger partial charge on any atom is 0.322 e. The van der Waals surface area contributed by atoms with Crippen LogP contribution in [0.2, 0.25) is 5.02 Å². The summed E-state index contributed by atoms with van der Waals surface area (Å²) in [6.45, 7) is 4.40. The Bertz CT molecular complexity index is 1350. The molecule has 5 rings (SSSR count). The van der Waals surface area contributed by atoms with Crippen molar-refractivity contribution in [3.05, 3.63) is 99.3 Å². The van der Waals surface area contributed by atoms with Gasteiger partial charge >= 0.3 is 6.03 Å². The minimum atomic E-state index is -0.411. The number of aryl methyl sites for hydroxylation is 1. The maximum absolute atomic E-state index is 13.3. The number of thiophene rings is 1. The first-order valence-electron chi connectivity index (χ1n) is 11.0. The molecule has 2 aromatic carbocycles. The van der Waals surface area contributed by atoms with Gasteiger partial charge in [0.15, 0.2) is 0 Å². The van der Waals surface area contributed by atoms with E-state index >= 15 is 0 Å². The van der Waals surface area contributed by atoms with Crippen molar-refractivity contribution in [2.24, 2.45) is 0 Å². The van der Waals surface area contributed by atoms with Gasteiger partial charge in [0.1, 0.15) is 0 Å². The van der Waals surface area contributed by atoms with E-state index in [0.29, 0.717) is 23.3 Å². The van der Waals surface area contributed by atoms with Crippen molar-refractivity contribution >= 4 is 34.5 Å². The molecule has 2 amide bonds. The third-order valence-electron chi connectivity index (χ3n) is 5.95. The Labute approximate surface area is 206 Å². The number of urea groups is 1.